The molecule has 0 aliphatic carbocycles. The number of ether oxygens (including phenoxy) is 2. The third-order valence-corrected chi connectivity index (χ3v) is 5.55. The van der Waals surface area contributed by atoms with Crippen LogP contribution in [0.5, 0.6) is 5.75 Å². The molecule has 31 heavy (non-hydrogen) atoms. The van der Waals surface area contributed by atoms with Crippen molar-refractivity contribution in [2.45, 2.75) is 32.4 Å². The number of rotatable bonds is 9. The summed E-state index contributed by atoms with van der Waals surface area (Å²) in [7, 11) is 2.11. The number of hydrogen-bond acceptors (Lipinski definition) is 6. The maximum absolute atomic E-state index is 12.6. The second-order valence-electron chi connectivity index (χ2n) is 7.73. The van der Waals surface area contributed by atoms with Crippen LogP contribution in [-0.4, -0.2) is 55.2 Å². The van der Waals surface area contributed by atoms with Crippen molar-refractivity contribution in [3.8, 4) is 5.75 Å². The number of carbonyl (C=O) groups is 1. The molecule has 0 radical (unpaired) electrons. The first-order valence-corrected chi connectivity index (χ1v) is 10.5. The molecule has 166 valence electrons. The molecular weight excluding hydrogens is 398 g/mol. The van der Waals surface area contributed by atoms with E-state index >= 15 is 0 Å². The molecule has 0 spiro atoms. The van der Waals surface area contributed by atoms with Crippen LogP contribution in [0.25, 0.3) is 0 Å². The minimum Gasteiger partial charge on any atom is -0.492 e. The van der Waals surface area contributed by atoms with E-state index in [1.807, 2.05) is 24.3 Å². The third-order valence-electron chi connectivity index (χ3n) is 5.55. The van der Waals surface area contributed by atoms with Gasteiger partial charge in [-0.05, 0) is 50.1 Å². The van der Waals surface area contributed by atoms with Crippen molar-refractivity contribution in [1.82, 2.24) is 10.2 Å². The Labute approximate surface area is 182 Å². The van der Waals surface area contributed by atoms with E-state index in [0.29, 0.717) is 18.2 Å². The van der Waals surface area contributed by atoms with Crippen LogP contribution < -0.4 is 10.1 Å². The maximum atomic E-state index is 12.6. The zero-order chi connectivity index (χ0) is 22.2. The molecular formula is C23H29N3O5. The Morgan fingerprint density at radius 1 is 1.26 bits per heavy atom. The standard InChI is InChI=1S/C23H29N3O5/c1-17-5-3-8-21(26(28)29)22(17)23(27)24-16-18-6-4-7-20(15-18)31-14-11-25(2)19-9-12-30-13-10-19/h3-8,15,19H,9-14,16H2,1-2H3,(H,24,27). The molecule has 2 aromatic carbocycles. The van der Waals surface area contributed by atoms with Crippen LogP contribution >= 0.6 is 0 Å². The van der Waals surface area contributed by atoms with Crippen LogP contribution in [0.1, 0.15) is 34.3 Å². The number of nitro benzene ring substituents is 1. The fraction of sp³-hybridized carbons (Fsp3) is 0.435. The lowest BCUT2D eigenvalue weighted by Gasteiger charge is -2.31. The highest BCUT2D eigenvalue weighted by Gasteiger charge is 2.22. The van der Waals surface area contributed by atoms with Crippen molar-refractivity contribution in [3.63, 3.8) is 0 Å². The minimum atomic E-state index is -0.534. The van der Waals surface area contributed by atoms with Gasteiger partial charge in [-0.25, -0.2) is 0 Å². The van der Waals surface area contributed by atoms with Gasteiger partial charge in [0.05, 0.1) is 4.92 Å². The van der Waals surface area contributed by atoms with Crippen LogP contribution in [0, 0.1) is 17.0 Å². The topological polar surface area (TPSA) is 93.9 Å². The molecule has 1 amide bonds. The number of hydrogen-bond donors (Lipinski definition) is 1. The molecule has 0 aromatic heterocycles. The highest BCUT2D eigenvalue weighted by Crippen LogP contribution is 2.22. The second kappa shape index (κ2) is 10.9. The van der Waals surface area contributed by atoms with Gasteiger partial charge in [-0.2, -0.15) is 0 Å². The van der Waals surface area contributed by atoms with E-state index < -0.39 is 10.8 Å². The number of carbonyl (C=O) groups excluding carboxylic acids is 1. The number of amides is 1. The first-order chi connectivity index (χ1) is 15.0. The molecule has 0 atom stereocenters. The summed E-state index contributed by atoms with van der Waals surface area (Å²) in [6.07, 6.45) is 2.09. The van der Waals surface area contributed by atoms with Gasteiger partial charge in [0, 0.05) is 38.4 Å². The van der Waals surface area contributed by atoms with Crippen LogP contribution in [0.3, 0.4) is 0 Å². The first-order valence-electron chi connectivity index (χ1n) is 10.5. The normalized spacial score (nSPS) is 14.4. The number of nitrogens with zero attached hydrogens (tertiary/aromatic N) is 2. The van der Waals surface area contributed by atoms with Gasteiger partial charge in [0.15, 0.2) is 0 Å². The lowest BCUT2D eigenvalue weighted by molar-refractivity contribution is -0.385. The summed E-state index contributed by atoms with van der Waals surface area (Å²) >= 11 is 0. The zero-order valence-electron chi connectivity index (χ0n) is 18.0. The van der Waals surface area contributed by atoms with Crippen LogP contribution in [0.15, 0.2) is 42.5 Å². The summed E-state index contributed by atoms with van der Waals surface area (Å²) in [4.78, 5) is 25.6. The summed E-state index contributed by atoms with van der Waals surface area (Å²) in [5.41, 5.74) is 1.33. The minimum absolute atomic E-state index is 0.0936. The number of likely N-dealkylation sites (N-methyl/N-ethyl adjacent to an activating group) is 1. The number of aryl methyl sites for hydroxylation is 1. The maximum Gasteiger partial charge on any atom is 0.282 e. The summed E-state index contributed by atoms with van der Waals surface area (Å²) in [5.74, 6) is 0.267. The average Bonchev–Trinajstić information content (AvgIpc) is 2.78. The van der Waals surface area contributed by atoms with E-state index in [9.17, 15) is 14.9 Å². The van der Waals surface area contributed by atoms with Gasteiger partial charge in [0.25, 0.3) is 11.6 Å². The van der Waals surface area contributed by atoms with Crippen LogP contribution in [0.4, 0.5) is 5.69 Å². The fourth-order valence-corrected chi connectivity index (χ4v) is 3.73. The molecule has 0 bridgehead atoms. The SMILES string of the molecule is Cc1cccc([N+](=O)[O-])c1C(=O)NCc1cccc(OCCN(C)C2CCOCC2)c1. The van der Waals surface area contributed by atoms with E-state index in [2.05, 4.69) is 17.3 Å². The molecule has 1 aliphatic rings. The monoisotopic (exact) mass is 427 g/mol. The van der Waals surface area contributed by atoms with Gasteiger partial charge in [-0.15, -0.1) is 0 Å². The van der Waals surface area contributed by atoms with Gasteiger partial charge in [0.1, 0.15) is 17.9 Å². The first kappa shape index (κ1) is 22.7. The Balaban J connectivity index is 1.53. The Kier molecular flexibility index (Phi) is 7.97. The van der Waals surface area contributed by atoms with Crippen LogP contribution in [0.2, 0.25) is 0 Å². The molecule has 0 unspecified atom stereocenters. The molecule has 2 aromatic rings. The highest BCUT2D eigenvalue weighted by atomic mass is 16.6. The Morgan fingerprint density at radius 3 is 2.74 bits per heavy atom. The molecule has 8 nitrogen and oxygen atoms in total. The highest BCUT2D eigenvalue weighted by molar-refractivity contribution is 5.99. The van der Waals surface area contributed by atoms with E-state index in [-0.39, 0.29) is 17.8 Å². The van der Waals surface area contributed by atoms with Gasteiger partial charge >= 0.3 is 0 Å². The smallest absolute Gasteiger partial charge is 0.282 e. The summed E-state index contributed by atoms with van der Waals surface area (Å²) in [6.45, 7) is 4.96. The summed E-state index contributed by atoms with van der Waals surface area (Å²) in [6, 6.07) is 12.6. The molecule has 1 aliphatic heterocycles. The Morgan fingerprint density at radius 2 is 2.00 bits per heavy atom. The lowest BCUT2D eigenvalue weighted by atomic mass is 10.1. The quantitative estimate of drug-likeness (QED) is 0.487. The Hall–Kier alpha value is -2.97. The predicted octanol–water partition coefficient (Wildman–Crippen LogP) is 3.32. The molecule has 1 saturated heterocycles. The van der Waals surface area contributed by atoms with Crippen molar-refractivity contribution in [2.75, 3.05) is 33.4 Å². The largest absolute Gasteiger partial charge is 0.492 e. The van der Waals surface area contributed by atoms with Crippen LogP contribution in [-0.2, 0) is 11.3 Å². The van der Waals surface area contributed by atoms with E-state index in [1.54, 1.807) is 19.1 Å². The molecule has 8 heteroatoms. The molecule has 1 fully saturated rings. The predicted molar refractivity (Wildman–Crippen MR) is 117 cm³/mol. The lowest BCUT2D eigenvalue weighted by Crippen LogP contribution is -2.38. The summed E-state index contributed by atoms with van der Waals surface area (Å²) in [5, 5.41) is 14.0. The van der Waals surface area contributed by atoms with E-state index in [4.69, 9.17) is 9.47 Å². The molecule has 1 N–H and O–H groups in total. The second-order valence-corrected chi connectivity index (χ2v) is 7.73. The van der Waals surface area contributed by atoms with Gasteiger partial charge in [-0.1, -0.05) is 24.3 Å². The summed E-state index contributed by atoms with van der Waals surface area (Å²) < 4.78 is 11.3. The van der Waals surface area contributed by atoms with Crippen molar-refractivity contribution < 1.29 is 19.2 Å². The van der Waals surface area contributed by atoms with Gasteiger partial charge < -0.3 is 14.8 Å². The number of benzene rings is 2. The zero-order valence-corrected chi connectivity index (χ0v) is 18.0. The molecule has 0 saturated carbocycles. The van der Waals surface area contributed by atoms with E-state index in [0.717, 1.165) is 43.9 Å². The molecule has 3 rings (SSSR count). The van der Waals surface area contributed by atoms with Crippen molar-refractivity contribution >= 4 is 11.6 Å². The molecule has 1 heterocycles. The van der Waals surface area contributed by atoms with Crippen molar-refractivity contribution in [3.05, 3.63) is 69.3 Å². The van der Waals surface area contributed by atoms with Crippen molar-refractivity contribution in [1.29, 1.82) is 0 Å². The fourth-order valence-electron chi connectivity index (χ4n) is 3.73. The van der Waals surface area contributed by atoms with Gasteiger partial charge in [-0.3, -0.25) is 19.8 Å². The van der Waals surface area contributed by atoms with Crippen molar-refractivity contribution in [2.24, 2.45) is 0 Å². The van der Waals surface area contributed by atoms with E-state index in [1.165, 1.54) is 6.07 Å². The van der Waals surface area contributed by atoms with Gasteiger partial charge in [0.2, 0.25) is 0 Å². The number of nitrogens with one attached hydrogen (secondary N) is 1. The average molecular weight is 428 g/mol. The number of nitro groups is 1. The Bertz CT molecular complexity index is 912. The third kappa shape index (κ3) is 6.26.